The summed E-state index contributed by atoms with van der Waals surface area (Å²) >= 11 is 0. The minimum absolute atomic E-state index is 0.118. The van der Waals surface area contributed by atoms with Gasteiger partial charge in [0.15, 0.2) is 0 Å². The molecule has 1 atom stereocenters. The average Bonchev–Trinajstić information content (AvgIpc) is 2.76. The number of carbonyl (C=O) groups excluding carboxylic acids is 1. The van der Waals surface area contributed by atoms with Gasteiger partial charge in [0.2, 0.25) is 0 Å². The molecular weight excluding hydrogens is 246 g/mol. The molecule has 2 amide bonds. The van der Waals surface area contributed by atoms with Gasteiger partial charge in [-0.1, -0.05) is 6.42 Å². The van der Waals surface area contributed by atoms with Gasteiger partial charge in [0, 0.05) is 26.1 Å². The Kier molecular flexibility index (Phi) is 7.25. The molecule has 0 radical (unpaired) electrons. The number of rotatable bonds is 8. The summed E-state index contributed by atoms with van der Waals surface area (Å²) in [6.07, 6.45) is 3.69. The van der Waals surface area contributed by atoms with Crippen molar-refractivity contribution in [3.8, 4) is 0 Å². The fraction of sp³-hybridized carbons (Fsp3) is 0.846. The summed E-state index contributed by atoms with van der Waals surface area (Å²) in [5.74, 6) is -0.196. The first-order chi connectivity index (χ1) is 9.08. The van der Waals surface area contributed by atoms with Gasteiger partial charge in [-0.3, -0.25) is 4.79 Å². The first-order valence-corrected chi connectivity index (χ1v) is 7.00. The van der Waals surface area contributed by atoms with E-state index in [1.54, 1.807) is 0 Å². The second-order valence-corrected chi connectivity index (χ2v) is 5.26. The molecule has 3 N–H and O–H groups in total. The van der Waals surface area contributed by atoms with Crippen molar-refractivity contribution in [3.63, 3.8) is 0 Å². The number of amides is 2. The van der Waals surface area contributed by atoms with Crippen molar-refractivity contribution in [1.29, 1.82) is 0 Å². The molecule has 1 heterocycles. The summed E-state index contributed by atoms with van der Waals surface area (Å²) in [5, 5.41) is 14.1. The minimum Gasteiger partial charge on any atom is -0.481 e. The molecule has 0 aromatic carbocycles. The number of nitrogens with one attached hydrogen (secondary N) is 2. The van der Waals surface area contributed by atoms with Gasteiger partial charge in [-0.05, 0) is 38.8 Å². The number of carbonyl (C=O) groups is 2. The van der Waals surface area contributed by atoms with E-state index in [-0.39, 0.29) is 12.5 Å². The number of urea groups is 1. The summed E-state index contributed by atoms with van der Waals surface area (Å²) < 4.78 is 0. The Hall–Kier alpha value is -1.30. The lowest BCUT2D eigenvalue weighted by atomic mass is 10.1. The Morgan fingerprint density at radius 3 is 2.68 bits per heavy atom. The van der Waals surface area contributed by atoms with Crippen molar-refractivity contribution in [1.82, 2.24) is 15.5 Å². The van der Waals surface area contributed by atoms with Crippen LogP contribution in [0, 0.1) is 5.92 Å². The second kappa shape index (κ2) is 8.74. The molecule has 6 heteroatoms. The van der Waals surface area contributed by atoms with Crippen molar-refractivity contribution in [2.24, 2.45) is 5.92 Å². The first kappa shape index (κ1) is 15.8. The van der Waals surface area contributed by atoms with Gasteiger partial charge < -0.3 is 20.6 Å². The summed E-state index contributed by atoms with van der Waals surface area (Å²) in [4.78, 5) is 24.1. The maximum absolute atomic E-state index is 11.5. The highest BCUT2D eigenvalue weighted by Crippen LogP contribution is 2.12. The van der Waals surface area contributed by atoms with E-state index < -0.39 is 5.97 Å². The van der Waals surface area contributed by atoms with E-state index >= 15 is 0 Å². The van der Waals surface area contributed by atoms with E-state index in [4.69, 9.17) is 5.11 Å². The molecule has 1 aliphatic rings. The number of nitrogens with zero attached hydrogens (tertiary/aromatic N) is 1. The van der Waals surface area contributed by atoms with E-state index in [0.29, 0.717) is 18.9 Å². The van der Waals surface area contributed by atoms with Crippen LogP contribution in [0.2, 0.25) is 0 Å². The van der Waals surface area contributed by atoms with Crippen molar-refractivity contribution in [3.05, 3.63) is 0 Å². The summed E-state index contributed by atoms with van der Waals surface area (Å²) in [7, 11) is 2.09. The third-order valence-corrected chi connectivity index (χ3v) is 3.39. The Morgan fingerprint density at radius 2 is 2.05 bits per heavy atom. The number of carboxylic acid groups (broad SMARTS) is 1. The lowest BCUT2D eigenvalue weighted by Gasteiger charge is -2.12. The van der Waals surface area contributed by atoms with Crippen LogP contribution in [0.1, 0.15) is 32.1 Å². The van der Waals surface area contributed by atoms with E-state index in [2.05, 4.69) is 22.6 Å². The van der Waals surface area contributed by atoms with Gasteiger partial charge >= 0.3 is 12.0 Å². The van der Waals surface area contributed by atoms with E-state index in [0.717, 1.165) is 38.9 Å². The van der Waals surface area contributed by atoms with Gasteiger partial charge in [0.25, 0.3) is 0 Å². The molecule has 0 aliphatic carbocycles. The fourth-order valence-corrected chi connectivity index (χ4v) is 2.27. The molecule has 0 bridgehead atoms. The van der Waals surface area contributed by atoms with Gasteiger partial charge in [0.05, 0.1) is 0 Å². The number of aliphatic carboxylic acids is 1. The van der Waals surface area contributed by atoms with Crippen LogP contribution in [0.5, 0.6) is 0 Å². The number of hydrogen-bond acceptors (Lipinski definition) is 3. The zero-order valence-corrected chi connectivity index (χ0v) is 11.7. The molecule has 1 aliphatic heterocycles. The number of likely N-dealkylation sites (tertiary alicyclic amines) is 1. The standard InChI is InChI=1S/C13H25N3O3/c1-16-8-6-11(10-16)9-15-13(19)14-7-4-2-3-5-12(17)18/h11H,2-10H2,1H3,(H,17,18)(H2,14,15,19). The van der Waals surface area contributed by atoms with Crippen molar-refractivity contribution in [2.45, 2.75) is 32.1 Å². The summed E-state index contributed by atoms with van der Waals surface area (Å²) in [5.41, 5.74) is 0. The normalized spacial score (nSPS) is 19.3. The topological polar surface area (TPSA) is 81.7 Å². The van der Waals surface area contributed by atoms with Crippen molar-refractivity contribution >= 4 is 12.0 Å². The van der Waals surface area contributed by atoms with Crippen molar-refractivity contribution < 1.29 is 14.7 Å². The summed E-state index contributed by atoms with van der Waals surface area (Å²) in [6.45, 7) is 3.50. The molecule has 0 saturated carbocycles. The molecule has 0 aromatic rings. The highest BCUT2D eigenvalue weighted by Gasteiger charge is 2.19. The van der Waals surface area contributed by atoms with Crippen LogP contribution in [0.15, 0.2) is 0 Å². The van der Waals surface area contributed by atoms with Gasteiger partial charge in [-0.15, -0.1) is 0 Å². The molecule has 1 unspecified atom stereocenters. The first-order valence-electron chi connectivity index (χ1n) is 7.00. The molecule has 1 rings (SSSR count). The molecule has 0 spiro atoms. The molecule has 1 saturated heterocycles. The van der Waals surface area contributed by atoms with Crippen LogP contribution >= 0.6 is 0 Å². The maximum atomic E-state index is 11.5. The lowest BCUT2D eigenvalue weighted by molar-refractivity contribution is -0.137. The number of unbranched alkanes of at least 4 members (excludes halogenated alkanes) is 2. The van der Waals surface area contributed by atoms with E-state index in [1.165, 1.54) is 0 Å². The van der Waals surface area contributed by atoms with Crippen LogP contribution in [0.25, 0.3) is 0 Å². The van der Waals surface area contributed by atoms with Gasteiger partial charge in [0.1, 0.15) is 0 Å². The van der Waals surface area contributed by atoms with Crippen LogP contribution in [0.4, 0.5) is 4.79 Å². The Labute approximate surface area is 114 Å². The highest BCUT2D eigenvalue weighted by molar-refractivity contribution is 5.73. The monoisotopic (exact) mass is 271 g/mol. The fourth-order valence-electron chi connectivity index (χ4n) is 2.27. The second-order valence-electron chi connectivity index (χ2n) is 5.26. The Bertz CT molecular complexity index is 297. The third kappa shape index (κ3) is 7.66. The molecule has 110 valence electrons. The largest absolute Gasteiger partial charge is 0.481 e. The Morgan fingerprint density at radius 1 is 1.26 bits per heavy atom. The highest BCUT2D eigenvalue weighted by atomic mass is 16.4. The number of carboxylic acids is 1. The van der Waals surface area contributed by atoms with Gasteiger partial charge in [-0.2, -0.15) is 0 Å². The third-order valence-electron chi connectivity index (χ3n) is 3.39. The van der Waals surface area contributed by atoms with E-state index in [1.807, 2.05) is 0 Å². The molecule has 6 nitrogen and oxygen atoms in total. The van der Waals surface area contributed by atoms with Gasteiger partial charge in [-0.25, -0.2) is 4.79 Å². The molecule has 1 fully saturated rings. The molecule has 19 heavy (non-hydrogen) atoms. The zero-order valence-electron chi connectivity index (χ0n) is 11.7. The number of hydrogen-bond donors (Lipinski definition) is 3. The average molecular weight is 271 g/mol. The Balaban J connectivity index is 1.92. The smallest absolute Gasteiger partial charge is 0.314 e. The van der Waals surface area contributed by atoms with Crippen molar-refractivity contribution in [2.75, 3.05) is 33.2 Å². The van der Waals surface area contributed by atoms with Crippen LogP contribution in [-0.2, 0) is 4.79 Å². The minimum atomic E-state index is -0.757. The maximum Gasteiger partial charge on any atom is 0.314 e. The van der Waals surface area contributed by atoms with Crippen LogP contribution < -0.4 is 10.6 Å². The predicted molar refractivity (Wildman–Crippen MR) is 73.1 cm³/mol. The zero-order chi connectivity index (χ0) is 14.1. The molecule has 0 aromatic heterocycles. The lowest BCUT2D eigenvalue weighted by Crippen LogP contribution is -2.39. The predicted octanol–water partition coefficient (Wildman–Crippen LogP) is 0.882. The quantitative estimate of drug-likeness (QED) is 0.572. The summed E-state index contributed by atoms with van der Waals surface area (Å²) in [6, 6.07) is -0.118. The van der Waals surface area contributed by atoms with E-state index in [9.17, 15) is 9.59 Å². The SMILES string of the molecule is CN1CCC(CNC(=O)NCCCCCC(=O)O)C1. The van der Waals surface area contributed by atoms with Crippen LogP contribution in [0.3, 0.4) is 0 Å². The van der Waals surface area contributed by atoms with Crippen LogP contribution in [-0.4, -0.2) is 55.2 Å². The molecular formula is C13H25N3O3.